The van der Waals surface area contributed by atoms with Crippen molar-refractivity contribution in [1.82, 2.24) is 0 Å². The van der Waals surface area contributed by atoms with Gasteiger partial charge in [-0.2, -0.15) is 5.10 Å². The Morgan fingerprint density at radius 2 is 1.50 bits per heavy atom. The Bertz CT molecular complexity index is 879. The fourth-order valence-electron chi connectivity index (χ4n) is 3.13. The third-order valence-corrected chi connectivity index (χ3v) is 4.63. The van der Waals surface area contributed by atoms with E-state index in [4.69, 9.17) is 9.84 Å². The molecule has 0 aliphatic heterocycles. The van der Waals surface area contributed by atoms with Crippen molar-refractivity contribution in [3.05, 3.63) is 89.5 Å². The highest BCUT2D eigenvalue weighted by atomic mass is 16.5. The van der Waals surface area contributed by atoms with Gasteiger partial charge in [-0.05, 0) is 72.9 Å². The van der Waals surface area contributed by atoms with Crippen LogP contribution >= 0.6 is 0 Å². The van der Waals surface area contributed by atoms with Crippen LogP contribution in [-0.4, -0.2) is 12.8 Å². The van der Waals surface area contributed by atoms with Gasteiger partial charge in [-0.3, -0.25) is 0 Å². The van der Waals surface area contributed by atoms with Gasteiger partial charge in [-0.25, -0.2) is 5.01 Å². The van der Waals surface area contributed by atoms with E-state index >= 15 is 0 Å². The number of benzene rings is 3. The minimum atomic E-state index is 0.383. The smallest absolute Gasteiger partial charge is 0.123 e. The third kappa shape index (κ3) is 4.61. The lowest BCUT2D eigenvalue weighted by molar-refractivity contribution is 0.335. The summed E-state index contributed by atoms with van der Waals surface area (Å²) in [6, 6.07) is 24.7. The van der Waals surface area contributed by atoms with Crippen LogP contribution in [0.1, 0.15) is 43.4 Å². The molecular formula is C25H28N2O. The van der Waals surface area contributed by atoms with E-state index in [2.05, 4.69) is 57.2 Å². The number of ether oxygens (including phenoxy) is 1. The van der Waals surface area contributed by atoms with Crippen LogP contribution in [0.2, 0.25) is 0 Å². The zero-order chi connectivity index (χ0) is 19.9. The molecule has 0 N–H and O–H groups in total. The van der Waals surface area contributed by atoms with Gasteiger partial charge >= 0.3 is 0 Å². The molecule has 3 aromatic rings. The van der Waals surface area contributed by atoms with Crippen molar-refractivity contribution in [3.63, 3.8) is 0 Å². The molecule has 0 heterocycles. The lowest BCUT2D eigenvalue weighted by Gasteiger charge is -2.20. The first kappa shape index (κ1) is 19.7. The van der Waals surface area contributed by atoms with Gasteiger partial charge in [0, 0.05) is 0 Å². The summed E-state index contributed by atoms with van der Waals surface area (Å²) in [5.41, 5.74) is 5.51. The maximum absolute atomic E-state index is 5.84. The van der Waals surface area contributed by atoms with Gasteiger partial charge < -0.3 is 4.74 Å². The van der Waals surface area contributed by atoms with E-state index in [1.54, 1.807) is 0 Å². The van der Waals surface area contributed by atoms with Crippen molar-refractivity contribution in [2.45, 2.75) is 33.6 Å². The maximum Gasteiger partial charge on any atom is 0.123 e. The maximum atomic E-state index is 5.84. The Hall–Kier alpha value is -3.07. The molecule has 3 aromatic carbocycles. The number of para-hydroxylation sites is 2. The summed E-state index contributed by atoms with van der Waals surface area (Å²) in [6.07, 6.45) is 1.94. The summed E-state index contributed by atoms with van der Waals surface area (Å²) in [4.78, 5) is 0. The summed E-state index contributed by atoms with van der Waals surface area (Å²) in [5, 5.41) is 6.80. The summed E-state index contributed by atoms with van der Waals surface area (Å²) in [6.45, 7) is 9.17. The van der Waals surface area contributed by atoms with Crippen LogP contribution < -0.4 is 9.75 Å². The van der Waals surface area contributed by atoms with E-state index < -0.39 is 0 Å². The van der Waals surface area contributed by atoms with Gasteiger partial charge in [0.2, 0.25) is 0 Å². The molecular weight excluding hydrogens is 344 g/mol. The molecule has 3 rings (SSSR count). The van der Waals surface area contributed by atoms with E-state index in [9.17, 15) is 0 Å². The number of hydrogen-bond acceptors (Lipinski definition) is 3. The van der Waals surface area contributed by atoms with Crippen molar-refractivity contribution in [1.29, 1.82) is 0 Å². The molecule has 0 spiro atoms. The standard InChI is InChI=1S/C25H28N2O/c1-5-28-25-16-20(4)21(17-24(25)19(2)3)18-26-27(22-12-8-6-9-13-22)23-14-10-7-11-15-23/h6-19H,5H2,1-4H3/b26-18+. The Labute approximate surface area is 168 Å². The monoisotopic (exact) mass is 372 g/mol. The van der Waals surface area contributed by atoms with E-state index in [1.807, 2.05) is 54.5 Å². The number of aryl methyl sites for hydroxylation is 1. The summed E-state index contributed by atoms with van der Waals surface area (Å²) in [5.74, 6) is 1.35. The second-order valence-electron chi connectivity index (χ2n) is 7.06. The normalized spacial score (nSPS) is 11.2. The van der Waals surface area contributed by atoms with Crippen LogP contribution in [-0.2, 0) is 0 Å². The molecule has 0 radical (unpaired) electrons. The fourth-order valence-corrected chi connectivity index (χ4v) is 3.13. The van der Waals surface area contributed by atoms with E-state index in [0.29, 0.717) is 12.5 Å². The second-order valence-corrected chi connectivity index (χ2v) is 7.06. The Kier molecular flexibility index (Phi) is 6.49. The van der Waals surface area contributed by atoms with Crippen molar-refractivity contribution in [2.24, 2.45) is 5.10 Å². The van der Waals surface area contributed by atoms with Crippen molar-refractivity contribution < 1.29 is 4.74 Å². The zero-order valence-corrected chi connectivity index (χ0v) is 17.1. The van der Waals surface area contributed by atoms with Gasteiger partial charge in [0.25, 0.3) is 0 Å². The van der Waals surface area contributed by atoms with Crippen molar-refractivity contribution in [3.8, 4) is 5.75 Å². The highest BCUT2D eigenvalue weighted by molar-refractivity contribution is 5.84. The van der Waals surface area contributed by atoms with Crippen LogP contribution in [0, 0.1) is 6.92 Å². The number of hydrogen-bond donors (Lipinski definition) is 0. The molecule has 0 atom stereocenters. The molecule has 144 valence electrons. The molecule has 28 heavy (non-hydrogen) atoms. The van der Waals surface area contributed by atoms with Crippen molar-refractivity contribution >= 4 is 17.6 Å². The molecule has 0 aliphatic carbocycles. The number of rotatable bonds is 7. The molecule has 3 heteroatoms. The summed E-state index contributed by atoms with van der Waals surface area (Å²) >= 11 is 0. The van der Waals surface area contributed by atoms with Gasteiger partial charge in [-0.1, -0.05) is 50.2 Å². The largest absolute Gasteiger partial charge is 0.494 e. The minimum Gasteiger partial charge on any atom is -0.494 e. The molecule has 0 saturated heterocycles. The topological polar surface area (TPSA) is 24.8 Å². The first-order chi connectivity index (χ1) is 13.6. The molecule has 0 saturated carbocycles. The van der Waals surface area contributed by atoms with Gasteiger partial charge in [0.05, 0.1) is 24.2 Å². The summed E-state index contributed by atoms with van der Waals surface area (Å²) < 4.78 is 5.84. The Balaban J connectivity index is 2.00. The Morgan fingerprint density at radius 1 is 0.929 bits per heavy atom. The molecule has 0 fully saturated rings. The van der Waals surface area contributed by atoms with E-state index in [1.165, 1.54) is 5.56 Å². The molecule has 0 bridgehead atoms. The Morgan fingerprint density at radius 3 is 2.00 bits per heavy atom. The van der Waals surface area contributed by atoms with Crippen LogP contribution in [0.3, 0.4) is 0 Å². The highest BCUT2D eigenvalue weighted by Gasteiger charge is 2.12. The quantitative estimate of drug-likeness (QED) is 0.341. The third-order valence-electron chi connectivity index (χ3n) is 4.63. The van der Waals surface area contributed by atoms with Crippen LogP contribution in [0.5, 0.6) is 5.75 Å². The average Bonchev–Trinajstić information content (AvgIpc) is 2.71. The van der Waals surface area contributed by atoms with E-state index in [-0.39, 0.29) is 0 Å². The van der Waals surface area contributed by atoms with Crippen LogP contribution in [0.4, 0.5) is 11.4 Å². The average molecular weight is 373 g/mol. The minimum absolute atomic E-state index is 0.383. The SMILES string of the molecule is CCOc1cc(C)c(/C=N/N(c2ccccc2)c2ccccc2)cc1C(C)C. The van der Waals surface area contributed by atoms with E-state index in [0.717, 1.165) is 28.3 Å². The molecule has 3 nitrogen and oxygen atoms in total. The highest BCUT2D eigenvalue weighted by Crippen LogP contribution is 2.30. The van der Waals surface area contributed by atoms with Gasteiger partial charge in [0.1, 0.15) is 5.75 Å². The first-order valence-corrected chi connectivity index (χ1v) is 9.81. The number of hydrazone groups is 1. The lowest BCUT2D eigenvalue weighted by Crippen LogP contribution is -2.09. The predicted octanol–water partition coefficient (Wildman–Crippen LogP) is 6.69. The fraction of sp³-hybridized carbons (Fsp3) is 0.240. The molecule has 0 aromatic heterocycles. The predicted molar refractivity (Wildman–Crippen MR) is 119 cm³/mol. The first-order valence-electron chi connectivity index (χ1n) is 9.81. The molecule has 0 amide bonds. The van der Waals surface area contributed by atoms with Crippen molar-refractivity contribution in [2.75, 3.05) is 11.6 Å². The number of anilines is 2. The summed E-state index contributed by atoms with van der Waals surface area (Å²) in [7, 11) is 0. The van der Waals surface area contributed by atoms with Crippen LogP contribution in [0.25, 0.3) is 0 Å². The van der Waals surface area contributed by atoms with Crippen LogP contribution in [0.15, 0.2) is 77.9 Å². The van der Waals surface area contributed by atoms with Gasteiger partial charge in [-0.15, -0.1) is 0 Å². The lowest BCUT2D eigenvalue weighted by atomic mass is 9.97. The molecule has 0 aliphatic rings. The second kappa shape index (κ2) is 9.23. The zero-order valence-electron chi connectivity index (χ0n) is 17.1. The number of nitrogens with zero attached hydrogens (tertiary/aromatic N) is 2. The molecule has 0 unspecified atom stereocenters. The van der Waals surface area contributed by atoms with Gasteiger partial charge in [0.15, 0.2) is 0 Å².